The van der Waals surface area contributed by atoms with Crippen LogP contribution in [0.2, 0.25) is 5.02 Å². The zero-order chi connectivity index (χ0) is 20.3. The highest BCUT2D eigenvalue weighted by Crippen LogP contribution is 2.25. The quantitative estimate of drug-likeness (QED) is 0.424. The zero-order valence-corrected chi connectivity index (χ0v) is 17.0. The van der Waals surface area contributed by atoms with Crippen LogP contribution in [0, 0.1) is 17.0 Å². The van der Waals surface area contributed by atoms with Crippen molar-refractivity contribution >= 4 is 34.5 Å². The van der Waals surface area contributed by atoms with Gasteiger partial charge in [-0.1, -0.05) is 41.4 Å². The van der Waals surface area contributed by atoms with E-state index in [-0.39, 0.29) is 24.6 Å². The summed E-state index contributed by atoms with van der Waals surface area (Å²) in [6.45, 7) is 2.22. The number of rotatable bonds is 6. The fourth-order valence-electron chi connectivity index (χ4n) is 2.65. The molecule has 1 heterocycles. The number of nitro benzene ring substituents is 1. The first kappa shape index (κ1) is 20.0. The van der Waals surface area contributed by atoms with Gasteiger partial charge in [0.15, 0.2) is 0 Å². The molecule has 0 aliphatic heterocycles. The third-order valence-corrected chi connectivity index (χ3v) is 5.56. The van der Waals surface area contributed by atoms with Crippen LogP contribution in [0.15, 0.2) is 47.8 Å². The highest BCUT2D eigenvalue weighted by Gasteiger charge is 2.16. The fraction of sp³-hybridized carbons (Fsp3) is 0.200. The SMILES string of the molecule is Cc1ccc(-c2nc(CC(=O)N(C)Cc3cc([N+](=O)[O-])ccc3Cl)cs2)cc1. The minimum absolute atomic E-state index is 0.0533. The highest BCUT2D eigenvalue weighted by molar-refractivity contribution is 7.13. The number of nitro groups is 1. The number of halogens is 1. The molecule has 0 radical (unpaired) electrons. The molecule has 8 heteroatoms. The number of likely N-dealkylation sites (N-methyl/N-ethyl adjacent to an activating group) is 1. The lowest BCUT2D eigenvalue weighted by molar-refractivity contribution is -0.384. The number of hydrogen-bond acceptors (Lipinski definition) is 5. The molecule has 0 atom stereocenters. The Morgan fingerprint density at radius 1 is 1.25 bits per heavy atom. The maximum absolute atomic E-state index is 12.6. The van der Waals surface area contributed by atoms with E-state index in [1.807, 2.05) is 36.6 Å². The van der Waals surface area contributed by atoms with Crippen molar-refractivity contribution in [3.63, 3.8) is 0 Å². The summed E-state index contributed by atoms with van der Waals surface area (Å²) >= 11 is 7.62. The largest absolute Gasteiger partial charge is 0.341 e. The fourth-order valence-corrected chi connectivity index (χ4v) is 3.65. The first-order valence-corrected chi connectivity index (χ1v) is 9.77. The molecule has 0 N–H and O–H groups in total. The van der Waals surface area contributed by atoms with Crippen LogP contribution in [0.4, 0.5) is 5.69 Å². The van der Waals surface area contributed by atoms with Crippen LogP contribution < -0.4 is 0 Å². The Balaban J connectivity index is 1.67. The van der Waals surface area contributed by atoms with Crippen LogP contribution in [-0.4, -0.2) is 27.8 Å². The third-order valence-electron chi connectivity index (χ3n) is 4.26. The Labute approximate surface area is 171 Å². The maximum atomic E-state index is 12.6. The van der Waals surface area contributed by atoms with Gasteiger partial charge in [-0.15, -0.1) is 11.3 Å². The number of amides is 1. The van der Waals surface area contributed by atoms with Crippen molar-refractivity contribution in [2.75, 3.05) is 7.05 Å². The number of nitrogens with zero attached hydrogens (tertiary/aromatic N) is 3. The molecular weight excluding hydrogens is 398 g/mol. The van der Waals surface area contributed by atoms with Crippen LogP contribution in [0.1, 0.15) is 16.8 Å². The molecule has 1 amide bonds. The summed E-state index contributed by atoms with van der Waals surface area (Å²) < 4.78 is 0. The average Bonchev–Trinajstić information content (AvgIpc) is 3.12. The number of aryl methyl sites for hydroxylation is 1. The molecule has 1 aromatic heterocycles. The molecule has 0 spiro atoms. The van der Waals surface area contributed by atoms with Crippen LogP contribution in [0.25, 0.3) is 10.6 Å². The van der Waals surface area contributed by atoms with Crippen molar-refractivity contribution in [3.05, 3.63) is 79.8 Å². The zero-order valence-electron chi connectivity index (χ0n) is 15.4. The molecule has 0 fully saturated rings. The molecule has 0 aliphatic carbocycles. The van der Waals surface area contributed by atoms with Gasteiger partial charge < -0.3 is 4.90 Å². The van der Waals surface area contributed by atoms with E-state index in [0.29, 0.717) is 16.3 Å². The van der Waals surface area contributed by atoms with E-state index in [2.05, 4.69) is 4.98 Å². The highest BCUT2D eigenvalue weighted by atomic mass is 35.5. The average molecular weight is 416 g/mol. The second-order valence-corrected chi connectivity index (χ2v) is 7.73. The molecule has 3 aromatic rings. The summed E-state index contributed by atoms with van der Waals surface area (Å²) in [4.78, 5) is 29.1. The number of aromatic nitrogens is 1. The molecule has 144 valence electrons. The molecule has 0 saturated heterocycles. The lowest BCUT2D eigenvalue weighted by Crippen LogP contribution is -2.28. The summed E-state index contributed by atoms with van der Waals surface area (Å²) in [6, 6.07) is 12.3. The monoisotopic (exact) mass is 415 g/mol. The predicted octanol–water partition coefficient (Wildman–Crippen LogP) is 4.88. The van der Waals surface area contributed by atoms with E-state index in [9.17, 15) is 14.9 Å². The third kappa shape index (κ3) is 4.74. The first-order valence-electron chi connectivity index (χ1n) is 8.51. The van der Waals surface area contributed by atoms with Gasteiger partial charge in [0.1, 0.15) is 5.01 Å². The Kier molecular flexibility index (Phi) is 6.06. The molecular formula is C20H18ClN3O3S. The van der Waals surface area contributed by atoms with E-state index in [4.69, 9.17) is 11.6 Å². The molecule has 0 unspecified atom stereocenters. The number of benzene rings is 2. The van der Waals surface area contributed by atoms with Gasteiger partial charge in [-0.05, 0) is 18.6 Å². The van der Waals surface area contributed by atoms with E-state index in [1.165, 1.54) is 40.0 Å². The van der Waals surface area contributed by atoms with E-state index < -0.39 is 4.92 Å². The molecule has 3 rings (SSSR count). The number of thiazole rings is 1. The normalized spacial score (nSPS) is 10.7. The summed E-state index contributed by atoms with van der Waals surface area (Å²) in [5.41, 5.74) is 3.37. The van der Waals surface area contributed by atoms with Crippen LogP contribution in [0.3, 0.4) is 0 Å². The van der Waals surface area contributed by atoms with Crippen LogP contribution >= 0.6 is 22.9 Å². The second-order valence-electron chi connectivity index (χ2n) is 6.47. The summed E-state index contributed by atoms with van der Waals surface area (Å²) in [5, 5.41) is 14.1. The second kappa shape index (κ2) is 8.50. The van der Waals surface area contributed by atoms with Crippen molar-refractivity contribution in [1.82, 2.24) is 9.88 Å². The van der Waals surface area contributed by atoms with Gasteiger partial charge in [-0.3, -0.25) is 14.9 Å². The molecule has 6 nitrogen and oxygen atoms in total. The maximum Gasteiger partial charge on any atom is 0.269 e. The van der Waals surface area contributed by atoms with Gasteiger partial charge in [-0.2, -0.15) is 0 Å². The van der Waals surface area contributed by atoms with Crippen molar-refractivity contribution in [2.24, 2.45) is 0 Å². The Bertz CT molecular complexity index is 1020. The lowest BCUT2D eigenvalue weighted by Gasteiger charge is -2.17. The van der Waals surface area contributed by atoms with Crippen LogP contribution in [0.5, 0.6) is 0 Å². The smallest absolute Gasteiger partial charge is 0.269 e. The number of carbonyl (C=O) groups excluding carboxylic acids is 1. The standard InChI is InChI=1S/C20H18ClN3O3S/c1-13-3-5-14(6-4-13)20-22-16(12-28-20)10-19(25)23(2)11-15-9-17(24(26)27)7-8-18(15)21/h3-9,12H,10-11H2,1-2H3. The van der Waals surface area contributed by atoms with Gasteiger partial charge in [0.05, 0.1) is 17.0 Å². The number of non-ortho nitro benzene ring substituents is 1. The van der Waals surface area contributed by atoms with Crippen molar-refractivity contribution < 1.29 is 9.72 Å². The molecule has 28 heavy (non-hydrogen) atoms. The van der Waals surface area contributed by atoms with Gasteiger partial charge in [-0.25, -0.2) is 4.98 Å². The van der Waals surface area contributed by atoms with Gasteiger partial charge in [0.2, 0.25) is 5.91 Å². The van der Waals surface area contributed by atoms with Crippen LogP contribution in [-0.2, 0) is 17.8 Å². The molecule has 0 bridgehead atoms. The topological polar surface area (TPSA) is 76.3 Å². The minimum Gasteiger partial charge on any atom is -0.341 e. The first-order chi connectivity index (χ1) is 13.3. The van der Waals surface area contributed by atoms with E-state index in [1.54, 1.807) is 7.05 Å². The Morgan fingerprint density at radius 2 is 1.96 bits per heavy atom. The summed E-state index contributed by atoms with van der Waals surface area (Å²) in [6.07, 6.45) is 0.158. The Morgan fingerprint density at radius 3 is 2.64 bits per heavy atom. The predicted molar refractivity (Wildman–Crippen MR) is 111 cm³/mol. The Hall–Kier alpha value is -2.77. The van der Waals surface area contributed by atoms with Gasteiger partial charge >= 0.3 is 0 Å². The van der Waals surface area contributed by atoms with Gasteiger partial charge in [0.25, 0.3) is 5.69 Å². The van der Waals surface area contributed by atoms with Crippen molar-refractivity contribution in [1.29, 1.82) is 0 Å². The molecule has 0 saturated carbocycles. The van der Waals surface area contributed by atoms with Crippen molar-refractivity contribution in [2.45, 2.75) is 19.9 Å². The number of hydrogen-bond donors (Lipinski definition) is 0. The van der Waals surface area contributed by atoms with E-state index >= 15 is 0 Å². The molecule has 2 aromatic carbocycles. The minimum atomic E-state index is -0.483. The lowest BCUT2D eigenvalue weighted by atomic mass is 10.1. The summed E-state index contributed by atoms with van der Waals surface area (Å²) in [5.74, 6) is -0.136. The van der Waals surface area contributed by atoms with Gasteiger partial charge in [0, 0.05) is 41.7 Å². The van der Waals surface area contributed by atoms with E-state index in [0.717, 1.165) is 10.6 Å². The van der Waals surface area contributed by atoms with Crippen molar-refractivity contribution in [3.8, 4) is 10.6 Å². The summed E-state index contributed by atoms with van der Waals surface area (Å²) in [7, 11) is 1.64. The number of carbonyl (C=O) groups is 1. The molecule has 0 aliphatic rings.